The normalized spacial score (nSPS) is 18.3. The van der Waals surface area contributed by atoms with E-state index in [1.165, 1.54) is 6.07 Å². The van der Waals surface area contributed by atoms with Gasteiger partial charge in [-0.1, -0.05) is 17.2 Å². The maximum Gasteiger partial charge on any atom is 0.128 e. The summed E-state index contributed by atoms with van der Waals surface area (Å²) in [6.45, 7) is 9.67. The molecular formula is C15H20ClFN2. The van der Waals surface area contributed by atoms with Gasteiger partial charge in [-0.25, -0.2) is 4.39 Å². The van der Waals surface area contributed by atoms with E-state index in [2.05, 4.69) is 16.8 Å². The molecule has 1 aromatic rings. The van der Waals surface area contributed by atoms with E-state index in [4.69, 9.17) is 11.6 Å². The maximum atomic E-state index is 14.1. The van der Waals surface area contributed by atoms with Crippen LogP contribution in [0, 0.1) is 5.82 Å². The van der Waals surface area contributed by atoms with Crippen molar-refractivity contribution >= 4 is 11.6 Å². The molecule has 4 heteroatoms. The van der Waals surface area contributed by atoms with Crippen molar-refractivity contribution in [1.29, 1.82) is 0 Å². The molecule has 0 unspecified atom stereocenters. The average Bonchev–Trinajstić information content (AvgIpc) is 2.40. The van der Waals surface area contributed by atoms with E-state index < -0.39 is 0 Å². The van der Waals surface area contributed by atoms with E-state index in [1.54, 1.807) is 12.1 Å². The van der Waals surface area contributed by atoms with E-state index in [9.17, 15) is 4.39 Å². The number of halogens is 2. The molecule has 0 aromatic heterocycles. The molecule has 1 aliphatic heterocycles. The Morgan fingerprint density at radius 2 is 2.16 bits per heavy atom. The van der Waals surface area contributed by atoms with E-state index in [1.807, 2.05) is 6.92 Å². The molecule has 1 N–H and O–H groups in total. The molecule has 104 valence electrons. The number of piperazine rings is 1. The summed E-state index contributed by atoms with van der Waals surface area (Å²) in [6, 6.07) is 4.81. The van der Waals surface area contributed by atoms with Crippen molar-refractivity contribution in [3.05, 3.63) is 46.8 Å². The van der Waals surface area contributed by atoms with Crippen molar-refractivity contribution in [3.63, 3.8) is 0 Å². The molecule has 2 rings (SSSR count). The van der Waals surface area contributed by atoms with Crippen LogP contribution in [-0.2, 0) is 0 Å². The van der Waals surface area contributed by atoms with E-state index in [-0.39, 0.29) is 11.9 Å². The molecule has 1 fully saturated rings. The van der Waals surface area contributed by atoms with Gasteiger partial charge < -0.3 is 5.32 Å². The molecule has 0 bridgehead atoms. The second kappa shape index (κ2) is 6.51. The highest BCUT2D eigenvalue weighted by Crippen LogP contribution is 2.31. The minimum atomic E-state index is -0.186. The van der Waals surface area contributed by atoms with Crippen molar-refractivity contribution in [2.75, 3.05) is 26.2 Å². The van der Waals surface area contributed by atoms with Gasteiger partial charge in [-0.15, -0.1) is 6.58 Å². The lowest BCUT2D eigenvalue weighted by Crippen LogP contribution is -2.45. The van der Waals surface area contributed by atoms with Crippen LogP contribution in [0.4, 0.5) is 4.39 Å². The van der Waals surface area contributed by atoms with Gasteiger partial charge in [-0.2, -0.15) is 0 Å². The van der Waals surface area contributed by atoms with Gasteiger partial charge in [0.1, 0.15) is 5.82 Å². The van der Waals surface area contributed by atoms with Gasteiger partial charge >= 0.3 is 0 Å². The smallest absolute Gasteiger partial charge is 0.128 e. The predicted octanol–water partition coefficient (Wildman–Crippen LogP) is 3.39. The molecule has 2 nitrogen and oxygen atoms in total. The van der Waals surface area contributed by atoms with E-state index >= 15 is 0 Å². The van der Waals surface area contributed by atoms with Crippen LogP contribution in [0.1, 0.15) is 24.9 Å². The molecule has 0 radical (unpaired) electrons. The molecular weight excluding hydrogens is 263 g/mol. The summed E-state index contributed by atoms with van der Waals surface area (Å²) >= 11 is 6.02. The first kappa shape index (κ1) is 14.5. The SMILES string of the molecule is C=C(C)C[C@H](c1cc(Cl)ccc1F)N1CCNCC1. The summed E-state index contributed by atoms with van der Waals surface area (Å²) < 4.78 is 14.1. The molecule has 19 heavy (non-hydrogen) atoms. The monoisotopic (exact) mass is 282 g/mol. The second-order valence-electron chi connectivity index (χ2n) is 5.13. The Morgan fingerprint density at radius 1 is 1.47 bits per heavy atom. The van der Waals surface area contributed by atoms with E-state index in [0.717, 1.165) is 38.2 Å². The van der Waals surface area contributed by atoms with Gasteiger partial charge in [0, 0.05) is 42.8 Å². The van der Waals surface area contributed by atoms with Crippen molar-refractivity contribution in [2.24, 2.45) is 0 Å². The average molecular weight is 283 g/mol. The third kappa shape index (κ3) is 3.78. The molecule has 0 aliphatic carbocycles. The van der Waals surface area contributed by atoms with Crippen LogP contribution in [0.15, 0.2) is 30.4 Å². The Hall–Kier alpha value is -0.900. The standard InChI is InChI=1S/C15H20ClFN2/c1-11(2)9-15(19-7-5-18-6-8-19)13-10-12(16)3-4-14(13)17/h3-4,10,15,18H,1,5-9H2,2H3/t15-/m1/s1. The molecule has 1 atom stereocenters. The third-order valence-corrected chi connectivity index (χ3v) is 3.69. The Morgan fingerprint density at radius 3 is 2.79 bits per heavy atom. The Bertz CT molecular complexity index is 455. The zero-order valence-corrected chi connectivity index (χ0v) is 12.0. The third-order valence-electron chi connectivity index (χ3n) is 3.45. The van der Waals surface area contributed by atoms with Crippen molar-refractivity contribution in [1.82, 2.24) is 10.2 Å². The first-order chi connectivity index (χ1) is 9.08. The Labute approximate surface area is 119 Å². The summed E-state index contributed by atoms with van der Waals surface area (Å²) in [6.07, 6.45) is 0.761. The molecule has 1 heterocycles. The highest BCUT2D eigenvalue weighted by molar-refractivity contribution is 6.30. The number of nitrogens with one attached hydrogen (secondary N) is 1. The van der Waals surface area contributed by atoms with Crippen LogP contribution < -0.4 is 5.32 Å². The Kier molecular flexibility index (Phi) is 4.97. The highest BCUT2D eigenvalue weighted by Gasteiger charge is 2.24. The number of hydrogen-bond acceptors (Lipinski definition) is 2. The van der Waals surface area contributed by atoms with Gasteiger partial charge in [0.15, 0.2) is 0 Å². The van der Waals surface area contributed by atoms with Gasteiger partial charge in [0.05, 0.1) is 0 Å². The van der Waals surface area contributed by atoms with Crippen LogP contribution >= 0.6 is 11.6 Å². The summed E-state index contributed by atoms with van der Waals surface area (Å²) in [5, 5.41) is 3.90. The Balaban J connectivity index is 2.29. The number of hydrogen-bond donors (Lipinski definition) is 1. The minimum Gasteiger partial charge on any atom is -0.314 e. The summed E-state index contributed by atoms with van der Waals surface area (Å²) in [7, 11) is 0. The van der Waals surface area contributed by atoms with Crippen LogP contribution in [0.3, 0.4) is 0 Å². The van der Waals surface area contributed by atoms with Crippen LogP contribution in [0.25, 0.3) is 0 Å². The lowest BCUT2D eigenvalue weighted by atomic mass is 9.97. The van der Waals surface area contributed by atoms with Crippen LogP contribution in [-0.4, -0.2) is 31.1 Å². The molecule has 0 spiro atoms. The van der Waals surface area contributed by atoms with Gasteiger partial charge in [0.2, 0.25) is 0 Å². The van der Waals surface area contributed by atoms with E-state index in [0.29, 0.717) is 10.6 Å². The number of rotatable bonds is 4. The molecule has 1 aliphatic rings. The lowest BCUT2D eigenvalue weighted by Gasteiger charge is -2.35. The lowest BCUT2D eigenvalue weighted by molar-refractivity contribution is 0.169. The highest BCUT2D eigenvalue weighted by atomic mass is 35.5. The zero-order valence-electron chi connectivity index (χ0n) is 11.3. The fraction of sp³-hybridized carbons (Fsp3) is 0.467. The molecule has 1 aromatic carbocycles. The number of benzene rings is 1. The van der Waals surface area contributed by atoms with Crippen molar-refractivity contribution in [2.45, 2.75) is 19.4 Å². The fourth-order valence-corrected chi connectivity index (χ4v) is 2.71. The van der Waals surface area contributed by atoms with Gasteiger partial charge in [-0.05, 0) is 31.5 Å². The number of nitrogens with zero attached hydrogens (tertiary/aromatic N) is 1. The summed E-state index contributed by atoms with van der Waals surface area (Å²) in [5.41, 5.74) is 1.74. The van der Waals surface area contributed by atoms with Crippen molar-refractivity contribution in [3.8, 4) is 0 Å². The zero-order chi connectivity index (χ0) is 13.8. The molecule has 0 amide bonds. The molecule has 0 saturated carbocycles. The van der Waals surface area contributed by atoms with Crippen LogP contribution in [0.2, 0.25) is 5.02 Å². The van der Waals surface area contributed by atoms with Gasteiger partial charge in [0.25, 0.3) is 0 Å². The largest absolute Gasteiger partial charge is 0.314 e. The first-order valence-corrected chi connectivity index (χ1v) is 7.00. The predicted molar refractivity (Wildman–Crippen MR) is 78.0 cm³/mol. The van der Waals surface area contributed by atoms with Crippen molar-refractivity contribution < 1.29 is 4.39 Å². The maximum absolute atomic E-state index is 14.1. The minimum absolute atomic E-state index is 0.0262. The topological polar surface area (TPSA) is 15.3 Å². The summed E-state index contributed by atoms with van der Waals surface area (Å²) in [4.78, 5) is 2.31. The first-order valence-electron chi connectivity index (χ1n) is 6.62. The molecule has 1 saturated heterocycles. The second-order valence-corrected chi connectivity index (χ2v) is 5.57. The fourth-order valence-electron chi connectivity index (χ4n) is 2.53. The quantitative estimate of drug-likeness (QED) is 0.852. The van der Waals surface area contributed by atoms with Crippen LogP contribution in [0.5, 0.6) is 0 Å². The van der Waals surface area contributed by atoms with Gasteiger partial charge in [-0.3, -0.25) is 4.90 Å². The summed E-state index contributed by atoms with van der Waals surface area (Å²) in [5.74, 6) is -0.186.